The van der Waals surface area contributed by atoms with E-state index in [2.05, 4.69) is 66.0 Å². The Morgan fingerprint density at radius 2 is 0.905 bits per heavy atom. The number of unbranched alkanes of at least 4 members (excludes halogenated alkanes) is 5. The van der Waals surface area contributed by atoms with Gasteiger partial charge in [-0.25, -0.2) is 0 Å². The molecule has 2 aliphatic heterocycles. The van der Waals surface area contributed by atoms with E-state index in [9.17, 15) is 28.8 Å². The minimum absolute atomic E-state index is 0.117. The average molecular weight is 1030 g/mol. The molecule has 0 spiro atoms. The summed E-state index contributed by atoms with van der Waals surface area (Å²) in [4.78, 5) is 92.3. The molecule has 0 saturated carbocycles. The summed E-state index contributed by atoms with van der Waals surface area (Å²) >= 11 is 0. The second-order valence-electron chi connectivity index (χ2n) is 23.8. The molecule has 6 amide bonds. The molecule has 2 heterocycles. The van der Waals surface area contributed by atoms with Crippen LogP contribution in [0.4, 0.5) is 0 Å². The highest BCUT2D eigenvalue weighted by Crippen LogP contribution is 2.32. The fraction of sp³-hybridized carbons (Fsp3) is 0.690. The van der Waals surface area contributed by atoms with Crippen LogP contribution in [0.5, 0.6) is 0 Å². The highest BCUT2D eigenvalue weighted by molar-refractivity contribution is 5.95. The molecule has 74 heavy (non-hydrogen) atoms. The van der Waals surface area contributed by atoms with Gasteiger partial charge in [-0.15, -0.1) is 0 Å². The van der Waals surface area contributed by atoms with Gasteiger partial charge in [0.15, 0.2) is 0 Å². The average Bonchev–Trinajstić information content (AvgIpc) is 3.38. The first kappa shape index (κ1) is 58.4. The Morgan fingerprint density at radius 3 is 1.27 bits per heavy atom. The maximum Gasteiger partial charge on any atom is 0.246 e. The van der Waals surface area contributed by atoms with Gasteiger partial charge in [-0.2, -0.15) is 0 Å². The van der Waals surface area contributed by atoms with Crippen LogP contribution in [0.3, 0.4) is 0 Å². The van der Waals surface area contributed by atoms with E-state index in [1.165, 1.54) is 11.1 Å². The second kappa shape index (κ2) is 26.7. The quantitative estimate of drug-likeness (QED) is 0.0929. The van der Waals surface area contributed by atoms with Crippen LogP contribution < -0.4 is 31.9 Å². The van der Waals surface area contributed by atoms with Gasteiger partial charge in [-0.3, -0.25) is 38.6 Å². The van der Waals surface area contributed by atoms with E-state index in [1.54, 1.807) is 37.7 Å². The van der Waals surface area contributed by atoms with Crippen LogP contribution in [0.25, 0.3) is 0 Å². The molecule has 410 valence electrons. The van der Waals surface area contributed by atoms with Crippen molar-refractivity contribution in [2.75, 3.05) is 66.5 Å². The lowest BCUT2D eigenvalue weighted by Crippen LogP contribution is -2.66. The van der Waals surface area contributed by atoms with Crippen LogP contribution in [0, 0.1) is 10.8 Å². The van der Waals surface area contributed by atoms with Crippen LogP contribution in [0.2, 0.25) is 0 Å². The number of amides is 6. The van der Waals surface area contributed by atoms with Crippen molar-refractivity contribution in [1.29, 1.82) is 0 Å². The SMILES string of the molecule is CN[C@@H](C)C(=O)N[C@H](C(=O)N1CCN(CCCCCCCCN2CCN(C(=O)[C@@H](NC(=O)[C@H](C)NC)C(C)(C)C)[C@H](C(=O)N[C@@H]3CCCc4ccccc43)C2)C[C@H]1C(=O)N[C@@H]1CCCc2ccccc21)C(C)(C)C. The largest absolute Gasteiger partial charge is 0.347 e. The van der Waals surface area contributed by atoms with Gasteiger partial charge in [-0.1, -0.05) is 116 Å². The highest BCUT2D eigenvalue weighted by atomic mass is 16.2. The summed E-state index contributed by atoms with van der Waals surface area (Å²) in [6.45, 7) is 19.8. The lowest BCUT2D eigenvalue weighted by molar-refractivity contribution is -0.149. The number of nitrogens with zero attached hydrogens (tertiary/aromatic N) is 4. The molecule has 2 fully saturated rings. The van der Waals surface area contributed by atoms with Gasteiger partial charge in [0.1, 0.15) is 24.2 Å². The number of likely N-dealkylation sites (N-methyl/N-ethyl adjacent to an activating group) is 2. The van der Waals surface area contributed by atoms with E-state index in [-0.39, 0.29) is 47.5 Å². The Bertz CT molecular complexity index is 2070. The highest BCUT2D eigenvalue weighted by Gasteiger charge is 2.45. The minimum Gasteiger partial charge on any atom is -0.347 e. The summed E-state index contributed by atoms with van der Waals surface area (Å²) < 4.78 is 0. The number of nitrogens with one attached hydrogen (secondary N) is 6. The van der Waals surface area contributed by atoms with Crippen molar-refractivity contribution in [1.82, 2.24) is 51.5 Å². The number of rotatable bonds is 21. The standard InChI is InChI=1S/C58H92N10O6/c1-39(59-9)51(69)63-49(57(3,4)5)55(73)67-35-33-65(37-47(67)53(71)61-45-29-21-25-41-23-15-17-27-43(41)45)31-19-13-11-12-14-20-32-66-34-36-68(56(74)50(58(6,7)8)64-52(70)40(2)60-10)48(38-66)54(72)62-46-30-22-26-42-24-16-18-28-44(42)46/h15-18,23-24,27-28,39-40,45-50,59-60H,11-14,19-22,25-26,29-38H2,1-10H3,(H,61,71)(H,62,72)(H,63,69)(H,64,70)/t39-,40-,45+,46+,47-,48-,49+,50+/m0/s1. The fourth-order valence-corrected chi connectivity index (χ4v) is 11.2. The van der Waals surface area contributed by atoms with E-state index in [0.717, 1.165) is 101 Å². The lowest BCUT2D eigenvalue weighted by atomic mass is 9.85. The number of hydrogen-bond acceptors (Lipinski definition) is 10. The van der Waals surface area contributed by atoms with Crippen LogP contribution in [0.1, 0.15) is 154 Å². The number of benzene rings is 2. The first-order valence-electron chi connectivity index (χ1n) is 28.0. The van der Waals surface area contributed by atoms with Crippen molar-refractivity contribution in [3.63, 3.8) is 0 Å². The molecule has 2 saturated heterocycles. The predicted molar refractivity (Wildman–Crippen MR) is 292 cm³/mol. The number of fused-ring (bicyclic) bond motifs is 2. The van der Waals surface area contributed by atoms with Gasteiger partial charge in [0.2, 0.25) is 35.4 Å². The molecule has 6 rings (SSSR count). The molecule has 0 bridgehead atoms. The zero-order chi connectivity index (χ0) is 53.7. The number of piperazine rings is 2. The van der Waals surface area contributed by atoms with Crippen molar-refractivity contribution in [3.8, 4) is 0 Å². The third kappa shape index (κ3) is 15.4. The second-order valence-corrected chi connectivity index (χ2v) is 23.8. The maximum atomic E-state index is 14.5. The van der Waals surface area contributed by atoms with Crippen LogP contribution in [-0.4, -0.2) is 158 Å². The molecular weight excluding hydrogens is 933 g/mol. The topological polar surface area (TPSA) is 188 Å². The van der Waals surface area contributed by atoms with Gasteiger partial charge in [0.05, 0.1) is 24.2 Å². The number of aryl methyl sites for hydroxylation is 2. The first-order valence-corrected chi connectivity index (χ1v) is 28.0. The summed E-state index contributed by atoms with van der Waals surface area (Å²) in [6, 6.07) is 12.4. The van der Waals surface area contributed by atoms with Crippen molar-refractivity contribution < 1.29 is 28.8 Å². The molecular formula is C58H92N10O6. The zero-order valence-corrected chi connectivity index (χ0v) is 46.6. The van der Waals surface area contributed by atoms with E-state index in [0.29, 0.717) is 39.3 Å². The summed E-state index contributed by atoms with van der Waals surface area (Å²) in [5.74, 6) is -1.28. The Kier molecular flexibility index (Phi) is 21.1. The van der Waals surface area contributed by atoms with E-state index in [4.69, 9.17) is 0 Å². The van der Waals surface area contributed by atoms with Crippen molar-refractivity contribution in [3.05, 3.63) is 70.8 Å². The van der Waals surface area contributed by atoms with E-state index >= 15 is 0 Å². The summed E-state index contributed by atoms with van der Waals surface area (Å²) in [5.41, 5.74) is 3.64. The summed E-state index contributed by atoms with van der Waals surface area (Å²) in [5, 5.41) is 18.7. The first-order chi connectivity index (χ1) is 35.2. The van der Waals surface area contributed by atoms with E-state index in [1.807, 2.05) is 65.8 Å². The summed E-state index contributed by atoms with van der Waals surface area (Å²) in [6.07, 6.45) is 11.8. The number of hydrogen-bond donors (Lipinski definition) is 6. The number of carbonyl (C=O) groups excluding carboxylic acids is 6. The van der Waals surface area contributed by atoms with Crippen LogP contribution in [-0.2, 0) is 41.6 Å². The van der Waals surface area contributed by atoms with Crippen LogP contribution in [0.15, 0.2) is 48.5 Å². The molecule has 0 radical (unpaired) electrons. The Labute approximate surface area is 443 Å². The molecule has 2 aromatic rings. The zero-order valence-electron chi connectivity index (χ0n) is 46.6. The normalized spacial score (nSPS) is 22.3. The maximum absolute atomic E-state index is 14.5. The molecule has 8 atom stereocenters. The predicted octanol–water partition coefficient (Wildman–Crippen LogP) is 5.02. The molecule has 4 aliphatic rings. The Hall–Kier alpha value is -4.90. The Balaban J connectivity index is 1.03. The monoisotopic (exact) mass is 1020 g/mol. The lowest BCUT2D eigenvalue weighted by Gasteiger charge is -2.44. The molecule has 16 nitrogen and oxygen atoms in total. The van der Waals surface area contributed by atoms with Crippen molar-refractivity contribution in [2.45, 2.75) is 181 Å². The number of carbonyl (C=O) groups is 6. The summed E-state index contributed by atoms with van der Waals surface area (Å²) in [7, 11) is 3.43. The molecule has 0 unspecified atom stereocenters. The van der Waals surface area contributed by atoms with Gasteiger partial charge < -0.3 is 41.7 Å². The third-order valence-electron chi connectivity index (χ3n) is 16.1. The third-order valence-corrected chi connectivity index (χ3v) is 16.1. The molecule has 2 aliphatic carbocycles. The minimum atomic E-state index is -0.804. The van der Waals surface area contributed by atoms with Crippen molar-refractivity contribution in [2.24, 2.45) is 10.8 Å². The smallest absolute Gasteiger partial charge is 0.246 e. The van der Waals surface area contributed by atoms with Gasteiger partial charge in [-0.05, 0) is 125 Å². The van der Waals surface area contributed by atoms with Gasteiger partial charge in [0.25, 0.3) is 0 Å². The van der Waals surface area contributed by atoms with E-state index < -0.39 is 47.1 Å². The van der Waals surface area contributed by atoms with Crippen LogP contribution >= 0.6 is 0 Å². The molecule has 16 heteroatoms. The molecule has 6 N–H and O–H groups in total. The van der Waals surface area contributed by atoms with Crippen molar-refractivity contribution >= 4 is 35.4 Å². The molecule has 0 aromatic heterocycles. The fourth-order valence-electron chi connectivity index (χ4n) is 11.2. The van der Waals surface area contributed by atoms with Gasteiger partial charge >= 0.3 is 0 Å². The van der Waals surface area contributed by atoms with Gasteiger partial charge in [0, 0.05) is 39.3 Å². The molecule has 2 aromatic carbocycles. The Morgan fingerprint density at radius 1 is 0.541 bits per heavy atom.